The molecule has 0 aliphatic heterocycles. The normalized spacial score (nSPS) is 12.4. The van der Waals surface area contributed by atoms with Crippen LogP contribution >= 0.6 is 22.6 Å². The van der Waals surface area contributed by atoms with Crippen molar-refractivity contribution in [2.75, 3.05) is 7.11 Å². The number of rotatable bonds is 5. The zero-order chi connectivity index (χ0) is 17.8. The average Bonchev–Trinajstić information content (AvgIpc) is 2.35. The number of ether oxygens (including phenoxy) is 2. The molecule has 0 aliphatic carbocycles. The smallest absolute Gasteiger partial charge is 0.408 e. The molecule has 0 aliphatic rings. The zero-order valence-corrected chi connectivity index (χ0v) is 15.5. The maximum Gasteiger partial charge on any atom is 0.408 e. The monoisotopic (exact) mass is 437 g/mol. The van der Waals surface area contributed by atoms with Crippen molar-refractivity contribution in [2.24, 2.45) is 0 Å². The molecule has 0 saturated heterocycles. The number of alkyl carbamates (subject to hydrolysis) is 1. The quantitative estimate of drug-likeness (QED) is 0.612. The topological polar surface area (TPSA) is 105 Å². The van der Waals surface area contributed by atoms with Gasteiger partial charge in [-0.2, -0.15) is 0 Å². The van der Waals surface area contributed by atoms with Crippen molar-refractivity contribution in [1.29, 1.82) is 0 Å². The van der Waals surface area contributed by atoms with Gasteiger partial charge in [0.15, 0.2) is 11.5 Å². The van der Waals surface area contributed by atoms with Gasteiger partial charge in [0.05, 0.1) is 10.7 Å². The highest BCUT2D eigenvalue weighted by molar-refractivity contribution is 14.1. The predicted octanol–water partition coefficient (Wildman–Crippen LogP) is 2.53. The largest absolute Gasteiger partial charge is 0.504 e. The minimum atomic E-state index is -1.19. The second kappa shape index (κ2) is 7.71. The van der Waals surface area contributed by atoms with Crippen molar-refractivity contribution in [3.63, 3.8) is 0 Å². The maximum absolute atomic E-state index is 11.7. The Balaban J connectivity index is 2.89. The summed E-state index contributed by atoms with van der Waals surface area (Å²) < 4.78 is 10.7. The van der Waals surface area contributed by atoms with E-state index in [2.05, 4.69) is 5.32 Å². The summed E-state index contributed by atoms with van der Waals surface area (Å²) in [5, 5.41) is 21.4. The number of hydrogen-bond donors (Lipinski definition) is 3. The number of phenolic OH excluding ortho intramolecular Hbond substituents is 1. The van der Waals surface area contributed by atoms with E-state index in [1.807, 2.05) is 22.6 Å². The van der Waals surface area contributed by atoms with E-state index >= 15 is 0 Å². The van der Waals surface area contributed by atoms with Gasteiger partial charge in [-0.1, -0.05) is 0 Å². The number of hydrogen-bond acceptors (Lipinski definition) is 5. The number of carboxylic acids is 1. The van der Waals surface area contributed by atoms with E-state index in [1.54, 1.807) is 26.8 Å². The van der Waals surface area contributed by atoms with Crippen LogP contribution in [0, 0.1) is 3.57 Å². The molecule has 0 saturated carbocycles. The fourth-order valence-electron chi connectivity index (χ4n) is 1.84. The first-order chi connectivity index (χ1) is 10.5. The lowest BCUT2D eigenvalue weighted by Crippen LogP contribution is -2.44. The maximum atomic E-state index is 11.7. The molecular formula is C15H20INO6. The molecule has 3 N–H and O–H groups in total. The van der Waals surface area contributed by atoms with E-state index in [-0.39, 0.29) is 12.2 Å². The molecule has 8 heteroatoms. The van der Waals surface area contributed by atoms with Crippen molar-refractivity contribution < 1.29 is 29.3 Å². The number of carbonyl (C=O) groups is 2. The lowest BCUT2D eigenvalue weighted by Gasteiger charge is -2.22. The molecule has 1 aromatic rings. The van der Waals surface area contributed by atoms with Gasteiger partial charge in [-0.25, -0.2) is 9.59 Å². The number of nitrogens with one attached hydrogen (secondary N) is 1. The third-order valence-electron chi connectivity index (χ3n) is 2.72. The first kappa shape index (κ1) is 19.3. The van der Waals surface area contributed by atoms with Crippen LogP contribution in [0.3, 0.4) is 0 Å². The second-order valence-electron chi connectivity index (χ2n) is 5.87. The SMILES string of the molecule is COc1c(O)cc(C[C@H](NC(=O)OC(C)(C)C)C(=O)O)cc1I. The predicted molar refractivity (Wildman–Crippen MR) is 91.9 cm³/mol. The first-order valence-electron chi connectivity index (χ1n) is 6.81. The van der Waals surface area contributed by atoms with Gasteiger partial charge in [-0.3, -0.25) is 0 Å². The minimum absolute atomic E-state index is 0.00212. The molecule has 0 unspecified atom stereocenters. The van der Waals surface area contributed by atoms with Crippen LogP contribution in [-0.2, 0) is 16.0 Å². The fraction of sp³-hybridized carbons (Fsp3) is 0.467. The summed E-state index contributed by atoms with van der Waals surface area (Å²) in [5.74, 6) is -0.960. The molecule has 0 spiro atoms. The second-order valence-corrected chi connectivity index (χ2v) is 7.03. The van der Waals surface area contributed by atoms with E-state index in [9.17, 15) is 19.8 Å². The van der Waals surface area contributed by atoms with E-state index < -0.39 is 23.7 Å². The van der Waals surface area contributed by atoms with Gasteiger partial charge in [-0.05, 0) is 61.1 Å². The van der Waals surface area contributed by atoms with Crippen molar-refractivity contribution in [1.82, 2.24) is 5.32 Å². The molecule has 1 aromatic carbocycles. The summed E-state index contributed by atoms with van der Waals surface area (Å²) in [6.45, 7) is 5.06. The average molecular weight is 437 g/mol. The summed E-state index contributed by atoms with van der Waals surface area (Å²) in [6, 6.07) is 1.92. The summed E-state index contributed by atoms with van der Waals surface area (Å²) in [5.41, 5.74) is -0.169. The summed E-state index contributed by atoms with van der Waals surface area (Å²) in [4.78, 5) is 23.1. The van der Waals surface area contributed by atoms with Gasteiger partial charge < -0.3 is 25.0 Å². The third-order valence-corrected chi connectivity index (χ3v) is 3.52. The highest BCUT2D eigenvalue weighted by atomic mass is 127. The highest BCUT2D eigenvalue weighted by Crippen LogP contribution is 2.32. The molecule has 0 radical (unpaired) electrons. The van der Waals surface area contributed by atoms with Gasteiger partial charge in [0.2, 0.25) is 0 Å². The zero-order valence-electron chi connectivity index (χ0n) is 13.3. The number of amides is 1. The van der Waals surface area contributed by atoms with E-state index in [0.29, 0.717) is 14.9 Å². The fourth-order valence-corrected chi connectivity index (χ4v) is 2.74. The number of aromatic hydroxyl groups is 1. The molecule has 0 heterocycles. The minimum Gasteiger partial charge on any atom is -0.504 e. The van der Waals surface area contributed by atoms with Crippen LogP contribution in [-0.4, -0.2) is 41.0 Å². The number of halogens is 1. The number of benzene rings is 1. The molecule has 1 rings (SSSR count). The Morgan fingerprint density at radius 3 is 2.39 bits per heavy atom. The molecule has 23 heavy (non-hydrogen) atoms. The first-order valence-corrected chi connectivity index (χ1v) is 7.89. The lowest BCUT2D eigenvalue weighted by molar-refractivity contribution is -0.139. The summed E-state index contributed by atoms with van der Waals surface area (Å²) >= 11 is 1.97. The van der Waals surface area contributed by atoms with E-state index in [0.717, 1.165) is 0 Å². The van der Waals surface area contributed by atoms with Gasteiger partial charge in [-0.15, -0.1) is 0 Å². The molecule has 0 bridgehead atoms. The molecule has 128 valence electrons. The van der Waals surface area contributed by atoms with Crippen LogP contribution in [0.15, 0.2) is 12.1 Å². The molecule has 0 fully saturated rings. The number of methoxy groups -OCH3 is 1. The van der Waals surface area contributed by atoms with Gasteiger partial charge in [0.25, 0.3) is 0 Å². The van der Waals surface area contributed by atoms with Crippen LogP contribution in [0.2, 0.25) is 0 Å². The highest BCUT2D eigenvalue weighted by Gasteiger charge is 2.25. The molecule has 7 nitrogen and oxygen atoms in total. The van der Waals surface area contributed by atoms with Crippen molar-refractivity contribution >= 4 is 34.7 Å². The molecule has 1 amide bonds. The Labute approximate surface area is 148 Å². The van der Waals surface area contributed by atoms with Crippen molar-refractivity contribution in [2.45, 2.75) is 38.8 Å². The Morgan fingerprint density at radius 2 is 1.96 bits per heavy atom. The number of aliphatic carboxylic acids is 1. The molecule has 1 atom stereocenters. The Kier molecular flexibility index (Phi) is 6.48. The van der Waals surface area contributed by atoms with Crippen LogP contribution in [0.25, 0.3) is 0 Å². The Hall–Kier alpha value is -1.71. The number of carbonyl (C=O) groups excluding carboxylic acids is 1. The third kappa shape index (κ3) is 6.12. The molecular weight excluding hydrogens is 417 g/mol. The lowest BCUT2D eigenvalue weighted by atomic mass is 10.1. The summed E-state index contributed by atoms with van der Waals surface area (Å²) in [7, 11) is 1.43. The van der Waals surface area contributed by atoms with Gasteiger partial charge in [0, 0.05) is 6.42 Å². The Morgan fingerprint density at radius 1 is 1.35 bits per heavy atom. The van der Waals surface area contributed by atoms with Gasteiger partial charge >= 0.3 is 12.1 Å². The van der Waals surface area contributed by atoms with Crippen molar-refractivity contribution in [3.05, 3.63) is 21.3 Å². The standard InChI is InChI=1S/C15H20INO6/c1-15(2,3)23-14(21)17-10(13(19)20)6-8-5-9(16)12(22-4)11(18)7-8/h5,7,10,18H,6H2,1-4H3,(H,17,21)(H,19,20)/t10-/m0/s1. The van der Waals surface area contributed by atoms with Gasteiger partial charge in [0.1, 0.15) is 11.6 Å². The van der Waals surface area contributed by atoms with E-state index in [1.165, 1.54) is 13.2 Å². The molecule has 0 aromatic heterocycles. The van der Waals surface area contributed by atoms with E-state index in [4.69, 9.17) is 9.47 Å². The van der Waals surface area contributed by atoms with Crippen LogP contribution in [0.1, 0.15) is 26.3 Å². The van der Waals surface area contributed by atoms with Crippen LogP contribution in [0.4, 0.5) is 4.79 Å². The number of carboxylic acid groups (broad SMARTS) is 1. The Bertz CT molecular complexity index is 573. The van der Waals surface area contributed by atoms with Crippen LogP contribution in [0.5, 0.6) is 11.5 Å². The van der Waals surface area contributed by atoms with Crippen molar-refractivity contribution in [3.8, 4) is 11.5 Å². The van der Waals surface area contributed by atoms with Crippen LogP contribution < -0.4 is 10.1 Å². The number of phenols is 1. The summed E-state index contributed by atoms with van der Waals surface area (Å²) in [6.07, 6.45) is -0.806.